The van der Waals surface area contributed by atoms with Gasteiger partial charge in [-0.2, -0.15) is 0 Å². The van der Waals surface area contributed by atoms with Gasteiger partial charge in [0.05, 0.1) is 12.7 Å². The van der Waals surface area contributed by atoms with Gasteiger partial charge in [-0.15, -0.1) is 0 Å². The van der Waals surface area contributed by atoms with E-state index in [9.17, 15) is 4.79 Å². The Bertz CT molecular complexity index is 147. The van der Waals surface area contributed by atoms with Crippen LogP contribution in [0.15, 0.2) is 0 Å². The fraction of sp³-hybridized carbons (Fsp3) is 0.875. The van der Waals surface area contributed by atoms with Gasteiger partial charge in [-0.25, -0.2) is 0 Å². The molecule has 0 aromatic heterocycles. The molecule has 0 radical (unpaired) electrons. The van der Waals surface area contributed by atoms with E-state index in [-0.39, 0.29) is 11.9 Å². The third-order valence-corrected chi connectivity index (χ3v) is 2.05. The number of rotatable bonds is 3. The van der Waals surface area contributed by atoms with E-state index >= 15 is 0 Å². The molecule has 11 heavy (non-hydrogen) atoms. The van der Waals surface area contributed by atoms with Crippen LogP contribution in [0.4, 0.5) is 0 Å². The third kappa shape index (κ3) is 1.93. The Balaban J connectivity index is 2.30. The summed E-state index contributed by atoms with van der Waals surface area (Å²) in [5.74, 6) is 0.249. The first-order chi connectivity index (χ1) is 5.25. The Kier molecular flexibility index (Phi) is 2.88. The van der Waals surface area contributed by atoms with Crippen LogP contribution in [-0.2, 0) is 4.79 Å². The van der Waals surface area contributed by atoms with E-state index in [1.54, 1.807) is 0 Å². The first-order valence-electron chi connectivity index (χ1n) is 4.28. The molecule has 1 rings (SSSR count). The summed E-state index contributed by atoms with van der Waals surface area (Å²) in [6.45, 7) is 5.69. The summed E-state index contributed by atoms with van der Waals surface area (Å²) in [4.78, 5) is 13.2. The molecule has 1 unspecified atom stereocenters. The lowest BCUT2D eigenvalue weighted by Gasteiger charge is -2.13. The van der Waals surface area contributed by atoms with E-state index in [0.29, 0.717) is 0 Å². The van der Waals surface area contributed by atoms with Crippen LogP contribution >= 0.6 is 0 Å². The van der Waals surface area contributed by atoms with Crippen LogP contribution in [0.2, 0.25) is 0 Å². The van der Waals surface area contributed by atoms with E-state index in [1.807, 2.05) is 11.8 Å². The molecule has 0 aromatic rings. The van der Waals surface area contributed by atoms with Crippen molar-refractivity contribution in [1.82, 2.24) is 10.2 Å². The fourth-order valence-corrected chi connectivity index (χ4v) is 1.22. The lowest BCUT2D eigenvalue weighted by atomic mass is 10.3. The highest BCUT2D eigenvalue weighted by Gasteiger charge is 2.25. The Morgan fingerprint density at radius 3 is 2.91 bits per heavy atom. The first-order valence-corrected chi connectivity index (χ1v) is 4.28. The van der Waals surface area contributed by atoms with Gasteiger partial charge in [0.15, 0.2) is 0 Å². The SMILES string of the molecule is CCCCN1CNC(C)C1=O. The van der Waals surface area contributed by atoms with Crippen molar-refractivity contribution in [2.45, 2.75) is 32.7 Å². The van der Waals surface area contributed by atoms with Crippen molar-refractivity contribution in [2.24, 2.45) is 0 Å². The second-order valence-electron chi connectivity index (χ2n) is 3.04. The van der Waals surface area contributed by atoms with Gasteiger partial charge in [0.25, 0.3) is 0 Å². The van der Waals surface area contributed by atoms with Crippen molar-refractivity contribution in [3.63, 3.8) is 0 Å². The summed E-state index contributed by atoms with van der Waals surface area (Å²) >= 11 is 0. The number of amides is 1. The van der Waals surface area contributed by atoms with Gasteiger partial charge in [0.1, 0.15) is 0 Å². The highest BCUT2D eigenvalue weighted by Crippen LogP contribution is 2.03. The van der Waals surface area contributed by atoms with E-state index in [4.69, 9.17) is 0 Å². The number of carbonyl (C=O) groups excluding carboxylic acids is 1. The highest BCUT2D eigenvalue weighted by atomic mass is 16.2. The Morgan fingerprint density at radius 2 is 2.45 bits per heavy atom. The van der Waals surface area contributed by atoms with Gasteiger partial charge >= 0.3 is 0 Å². The fourth-order valence-electron chi connectivity index (χ4n) is 1.22. The Hall–Kier alpha value is -0.570. The molecule has 3 heteroatoms. The number of hydrogen-bond acceptors (Lipinski definition) is 2. The number of carbonyl (C=O) groups is 1. The molecule has 3 nitrogen and oxygen atoms in total. The number of hydrogen-bond donors (Lipinski definition) is 1. The highest BCUT2D eigenvalue weighted by molar-refractivity contribution is 5.83. The standard InChI is InChI=1S/C8H16N2O/c1-3-4-5-10-6-9-7(2)8(10)11/h7,9H,3-6H2,1-2H3. The van der Waals surface area contributed by atoms with Gasteiger partial charge < -0.3 is 4.90 Å². The maximum atomic E-state index is 11.3. The van der Waals surface area contributed by atoms with Crippen LogP contribution in [0, 0.1) is 0 Å². The summed E-state index contributed by atoms with van der Waals surface area (Å²) in [5, 5.41) is 3.10. The molecule has 0 aliphatic carbocycles. The van der Waals surface area contributed by atoms with Crippen molar-refractivity contribution >= 4 is 5.91 Å². The molecule has 0 bridgehead atoms. The van der Waals surface area contributed by atoms with Gasteiger partial charge in [-0.1, -0.05) is 13.3 Å². The lowest BCUT2D eigenvalue weighted by molar-refractivity contribution is -0.128. The predicted molar refractivity (Wildman–Crippen MR) is 44.1 cm³/mol. The topological polar surface area (TPSA) is 32.3 Å². The second-order valence-corrected chi connectivity index (χ2v) is 3.04. The van der Waals surface area contributed by atoms with Crippen molar-refractivity contribution in [3.05, 3.63) is 0 Å². The Morgan fingerprint density at radius 1 is 1.73 bits per heavy atom. The number of nitrogens with one attached hydrogen (secondary N) is 1. The average molecular weight is 156 g/mol. The smallest absolute Gasteiger partial charge is 0.240 e. The van der Waals surface area contributed by atoms with Crippen molar-refractivity contribution in [1.29, 1.82) is 0 Å². The predicted octanol–water partition coefficient (Wildman–Crippen LogP) is 0.564. The monoisotopic (exact) mass is 156 g/mol. The third-order valence-electron chi connectivity index (χ3n) is 2.05. The van der Waals surface area contributed by atoms with E-state index in [2.05, 4.69) is 12.2 Å². The van der Waals surface area contributed by atoms with Crippen molar-refractivity contribution in [2.75, 3.05) is 13.2 Å². The summed E-state index contributed by atoms with van der Waals surface area (Å²) in [5.41, 5.74) is 0. The molecule has 64 valence electrons. The summed E-state index contributed by atoms with van der Waals surface area (Å²) in [6.07, 6.45) is 2.26. The largest absolute Gasteiger partial charge is 0.329 e. The zero-order valence-electron chi connectivity index (χ0n) is 7.26. The van der Waals surface area contributed by atoms with Crippen LogP contribution in [0.3, 0.4) is 0 Å². The number of unbranched alkanes of at least 4 members (excludes halogenated alkanes) is 1. The Labute approximate surface area is 67.8 Å². The molecule has 1 fully saturated rings. The van der Waals surface area contributed by atoms with Crippen molar-refractivity contribution < 1.29 is 4.79 Å². The van der Waals surface area contributed by atoms with Crippen molar-refractivity contribution in [3.8, 4) is 0 Å². The van der Waals surface area contributed by atoms with E-state index in [1.165, 1.54) is 0 Å². The minimum absolute atomic E-state index is 0.0341. The average Bonchev–Trinajstić information content (AvgIpc) is 2.31. The zero-order chi connectivity index (χ0) is 8.27. The van der Waals surface area contributed by atoms with E-state index in [0.717, 1.165) is 26.1 Å². The van der Waals surface area contributed by atoms with Crippen LogP contribution in [0.1, 0.15) is 26.7 Å². The zero-order valence-corrected chi connectivity index (χ0v) is 7.26. The molecule has 1 N–H and O–H groups in total. The summed E-state index contributed by atoms with van der Waals surface area (Å²) in [7, 11) is 0. The van der Waals surface area contributed by atoms with Crippen LogP contribution in [0.25, 0.3) is 0 Å². The van der Waals surface area contributed by atoms with Crippen LogP contribution in [-0.4, -0.2) is 30.1 Å². The molecular formula is C8H16N2O. The molecule has 1 heterocycles. The molecule has 1 aliphatic rings. The van der Waals surface area contributed by atoms with Gasteiger partial charge in [-0.05, 0) is 13.3 Å². The molecule has 0 aromatic carbocycles. The molecule has 0 saturated carbocycles. The first kappa shape index (κ1) is 8.53. The maximum Gasteiger partial charge on any atom is 0.240 e. The quantitative estimate of drug-likeness (QED) is 0.647. The minimum Gasteiger partial charge on any atom is -0.329 e. The molecule has 1 atom stereocenters. The van der Waals surface area contributed by atoms with E-state index < -0.39 is 0 Å². The lowest BCUT2D eigenvalue weighted by Crippen LogP contribution is -2.29. The summed E-state index contributed by atoms with van der Waals surface area (Å²) in [6, 6.07) is 0.0341. The summed E-state index contributed by atoms with van der Waals surface area (Å²) < 4.78 is 0. The minimum atomic E-state index is 0.0341. The molecule has 0 spiro atoms. The molecule has 1 saturated heterocycles. The van der Waals surface area contributed by atoms with Crippen LogP contribution in [0.5, 0.6) is 0 Å². The maximum absolute atomic E-state index is 11.3. The molecule has 1 aliphatic heterocycles. The molecular weight excluding hydrogens is 140 g/mol. The van der Waals surface area contributed by atoms with Gasteiger partial charge in [0, 0.05) is 6.54 Å². The van der Waals surface area contributed by atoms with Gasteiger partial charge in [-0.3, -0.25) is 10.1 Å². The number of nitrogens with zero attached hydrogens (tertiary/aromatic N) is 1. The molecule has 1 amide bonds. The van der Waals surface area contributed by atoms with Gasteiger partial charge in [0.2, 0.25) is 5.91 Å². The van der Waals surface area contributed by atoms with Crippen LogP contribution < -0.4 is 5.32 Å². The normalized spacial score (nSPS) is 24.7. The second kappa shape index (κ2) is 3.72.